The van der Waals surface area contributed by atoms with Gasteiger partial charge in [0.05, 0.1) is 7.11 Å². The van der Waals surface area contributed by atoms with Crippen molar-refractivity contribution in [3.8, 4) is 0 Å². The highest BCUT2D eigenvalue weighted by molar-refractivity contribution is 5.90. The number of nitrogens with zero attached hydrogens (tertiary/aromatic N) is 1. The first-order chi connectivity index (χ1) is 10.6. The van der Waals surface area contributed by atoms with E-state index in [1.54, 1.807) is 0 Å². The number of amides is 2. The highest BCUT2D eigenvalue weighted by Crippen LogP contribution is 2.55. The van der Waals surface area contributed by atoms with Crippen molar-refractivity contribution in [1.82, 2.24) is 10.2 Å². The lowest BCUT2D eigenvalue weighted by atomic mass is 9.83. The van der Waals surface area contributed by atoms with Crippen LogP contribution in [-0.2, 0) is 14.3 Å². The van der Waals surface area contributed by atoms with Gasteiger partial charge in [-0.3, -0.25) is 4.79 Å². The number of rotatable bonds is 3. The molecule has 23 heavy (non-hydrogen) atoms. The molecule has 2 rings (SSSR count). The lowest BCUT2D eigenvalue weighted by molar-refractivity contribution is -0.155. The van der Waals surface area contributed by atoms with Gasteiger partial charge in [-0.05, 0) is 36.5 Å². The van der Waals surface area contributed by atoms with Crippen LogP contribution in [0.2, 0.25) is 0 Å². The van der Waals surface area contributed by atoms with Gasteiger partial charge < -0.3 is 20.1 Å². The summed E-state index contributed by atoms with van der Waals surface area (Å²) in [6, 6.07) is -1.65. The summed E-state index contributed by atoms with van der Waals surface area (Å²) in [5, 5.41) is 12.1. The smallest absolute Gasteiger partial charge is 0.407 e. The zero-order valence-electron chi connectivity index (χ0n) is 14.2. The number of likely N-dealkylation sites (tertiary alicyclic amines) is 1. The second-order valence-electron chi connectivity index (χ2n) is 7.77. The maximum Gasteiger partial charge on any atom is 0.407 e. The SMILES string of the molecule is COC(=O)NC(C(=O)N1CCC2(CC2)CC1C(=O)O)C(C)(C)C. The quantitative estimate of drug-likeness (QED) is 0.821. The van der Waals surface area contributed by atoms with Gasteiger partial charge in [-0.2, -0.15) is 0 Å². The molecule has 0 aromatic rings. The van der Waals surface area contributed by atoms with E-state index in [9.17, 15) is 19.5 Å². The molecule has 0 aromatic carbocycles. The minimum Gasteiger partial charge on any atom is -0.480 e. The molecular formula is C16H26N2O5. The maximum absolute atomic E-state index is 12.9. The van der Waals surface area contributed by atoms with Gasteiger partial charge in [0.25, 0.3) is 0 Å². The lowest BCUT2D eigenvalue weighted by Gasteiger charge is -2.41. The molecule has 7 heteroatoms. The Bertz CT molecular complexity index is 507. The number of aliphatic carboxylic acids is 1. The van der Waals surface area contributed by atoms with Gasteiger partial charge in [0.2, 0.25) is 5.91 Å². The molecule has 1 saturated carbocycles. The van der Waals surface area contributed by atoms with E-state index < -0.39 is 29.6 Å². The average molecular weight is 326 g/mol. The number of nitrogens with one attached hydrogen (secondary N) is 1. The minimum atomic E-state index is -0.977. The first-order valence-electron chi connectivity index (χ1n) is 7.97. The third-order valence-corrected chi connectivity index (χ3v) is 4.97. The number of piperidine rings is 1. The summed E-state index contributed by atoms with van der Waals surface area (Å²) in [5.41, 5.74) is -0.435. The second-order valence-corrected chi connectivity index (χ2v) is 7.77. The monoisotopic (exact) mass is 326 g/mol. The van der Waals surface area contributed by atoms with Crippen molar-refractivity contribution in [3.63, 3.8) is 0 Å². The summed E-state index contributed by atoms with van der Waals surface area (Å²) in [4.78, 5) is 37.5. The van der Waals surface area contributed by atoms with Crippen LogP contribution in [0.5, 0.6) is 0 Å². The molecule has 130 valence electrons. The molecule has 1 spiro atoms. The van der Waals surface area contributed by atoms with E-state index in [-0.39, 0.29) is 11.3 Å². The van der Waals surface area contributed by atoms with Crippen LogP contribution >= 0.6 is 0 Å². The van der Waals surface area contributed by atoms with Crippen molar-refractivity contribution < 1.29 is 24.2 Å². The first kappa shape index (κ1) is 17.6. The molecule has 2 fully saturated rings. The molecule has 7 nitrogen and oxygen atoms in total. The van der Waals surface area contributed by atoms with Gasteiger partial charge in [-0.25, -0.2) is 9.59 Å². The van der Waals surface area contributed by atoms with Gasteiger partial charge in [-0.1, -0.05) is 20.8 Å². The van der Waals surface area contributed by atoms with E-state index >= 15 is 0 Å². The van der Waals surface area contributed by atoms with Gasteiger partial charge in [0.1, 0.15) is 12.1 Å². The molecule has 1 heterocycles. The second kappa shape index (κ2) is 6.02. The van der Waals surface area contributed by atoms with Crippen molar-refractivity contribution in [2.24, 2.45) is 10.8 Å². The Morgan fingerprint density at radius 1 is 1.26 bits per heavy atom. The van der Waals surface area contributed by atoms with Crippen molar-refractivity contribution >= 4 is 18.0 Å². The standard InChI is InChI=1S/C16H26N2O5/c1-15(2,3)11(17-14(22)23-4)12(19)18-8-7-16(5-6-16)9-10(18)13(20)21/h10-11H,5-9H2,1-4H3,(H,17,22)(H,20,21). The topological polar surface area (TPSA) is 95.9 Å². The largest absolute Gasteiger partial charge is 0.480 e. The Balaban J connectivity index is 2.20. The van der Waals surface area contributed by atoms with Crippen molar-refractivity contribution in [1.29, 1.82) is 0 Å². The fourth-order valence-corrected chi connectivity index (χ4v) is 3.24. The van der Waals surface area contributed by atoms with Gasteiger partial charge in [0.15, 0.2) is 0 Å². The third-order valence-electron chi connectivity index (χ3n) is 4.97. The van der Waals surface area contributed by atoms with Crippen LogP contribution in [0.4, 0.5) is 4.79 Å². The Hall–Kier alpha value is -1.79. The zero-order valence-corrected chi connectivity index (χ0v) is 14.2. The Labute approximate surface area is 136 Å². The van der Waals surface area contributed by atoms with Crippen LogP contribution in [0.25, 0.3) is 0 Å². The summed E-state index contributed by atoms with van der Waals surface area (Å²) in [6.45, 7) is 5.90. The molecule has 1 saturated heterocycles. The fourth-order valence-electron chi connectivity index (χ4n) is 3.24. The molecular weight excluding hydrogens is 300 g/mol. The number of carboxylic acid groups (broad SMARTS) is 1. The van der Waals surface area contributed by atoms with Gasteiger partial charge in [-0.15, -0.1) is 0 Å². The van der Waals surface area contributed by atoms with E-state index in [2.05, 4.69) is 10.1 Å². The maximum atomic E-state index is 12.9. The summed E-state index contributed by atoms with van der Waals surface area (Å²) in [5.74, 6) is -1.33. The van der Waals surface area contributed by atoms with Crippen LogP contribution in [0.3, 0.4) is 0 Å². The van der Waals surface area contributed by atoms with Crippen LogP contribution in [-0.4, -0.2) is 53.7 Å². The summed E-state index contributed by atoms with van der Waals surface area (Å²) in [7, 11) is 1.23. The number of methoxy groups -OCH3 is 1. The van der Waals surface area contributed by atoms with E-state index in [0.717, 1.165) is 19.3 Å². The summed E-state index contributed by atoms with van der Waals surface area (Å²) < 4.78 is 4.59. The fraction of sp³-hybridized carbons (Fsp3) is 0.812. The van der Waals surface area contributed by atoms with Crippen LogP contribution in [0, 0.1) is 10.8 Å². The molecule has 0 bridgehead atoms. The van der Waals surface area contributed by atoms with E-state index in [4.69, 9.17) is 0 Å². The number of carboxylic acids is 1. The number of ether oxygens (including phenoxy) is 1. The van der Waals surface area contributed by atoms with Crippen molar-refractivity contribution in [2.75, 3.05) is 13.7 Å². The Kier molecular flexibility index (Phi) is 4.59. The molecule has 2 N–H and O–H groups in total. The van der Waals surface area contributed by atoms with Crippen molar-refractivity contribution in [3.05, 3.63) is 0 Å². The molecule has 0 aromatic heterocycles. The number of alkyl carbamates (subject to hydrolysis) is 1. The number of hydrogen-bond donors (Lipinski definition) is 2. The van der Waals surface area contributed by atoms with Crippen molar-refractivity contribution in [2.45, 2.75) is 58.5 Å². The number of hydrogen-bond acceptors (Lipinski definition) is 4. The number of carbonyl (C=O) groups excluding carboxylic acids is 2. The number of carbonyl (C=O) groups is 3. The summed E-state index contributed by atoms with van der Waals surface area (Å²) in [6.07, 6.45) is 2.73. The molecule has 2 amide bonds. The normalized spacial score (nSPS) is 24.0. The molecule has 2 atom stereocenters. The van der Waals surface area contributed by atoms with Crippen LogP contribution in [0.15, 0.2) is 0 Å². The molecule has 1 aliphatic heterocycles. The highest BCUT2D eigenvalue weighted by Gasteiger charge is 2.52. The minimum absolute atomic E-state index is 0.118. The van der Waals surface area contributed by atoms with E-state index in [1.165, 1.54) is 12.0 Å². The Morgan fingerprint density at radius 2 is 1.87 bits per heavy atom. The zero-order chi connectivity index (χ0) is 17.4. The predicted molar refractivity (Wildman–Crippen MR) is 82.8 cm³/mol. The molecule has 1 aliphatic carbocycles. The van der Waals surface area contributed by atoms with Crippen LogP contribution in [0.1, 0.15) is 46.5 Å². The lowest BCUT2D eigenvalue weighted by Crippen LogP contribution is -2.60. The first-order valence-corrected chi connectivity index (χ1v) is 7.97. The van der Waals surface area contributed by atoms with E-state index in [0.29, 0.717) is 13.0 Å². The van der Waals surface area contributed by atoms with E-state index in [1.807, 2.05) is 20.8 Å². The molecule has 2 unspecified atom stereocenters. The average Bonchev–Trinajstić information content (AvgIpc) is 3.21. The van der Waals surface area contributed by atoms with Gasteiger partial charge >= 0.3 is 12.1 Å². The molecule has 0 radical (unpaired) electrons. The predicted octanol–water partition coefficient (Wildman–Crippen LogP) is 1.61. The third kappa shape index (κ3) is 3.76. The highest BCUT2D eigenvalue weighted by atomic mass is 16.5. The van der Waals surface area contributed by atoms with Crippen LogP contribution < -0.4 is 5.32 Å². The van der Waals surface area contributed by atoms with Gasteiger partial charge in [0, 0.05) is 6.54 Å². The summed E-state index contributed by atoms with van der Waals surface area (Å²) >= 11 is 0. The Morgan fingerprint density at radius 3 is 2.30 bits per heavy atom. The molecule has 2 aliphatic rings.